The van der Waals surface area contributed by atoms with Crippen LogP contribution in [0.2, 0.25) is 0 Å². The van der Waals surface area contributed by atoms with Crippen LogP contribution >= 0.6 is 11.3 Å². The second-order valence-corrected chi connectivity index (χ2v) is 6.83. The zero-order chi connectivity index (χ0) is 14.1. The van der Waals surface area contributed by atoms with Crippen LogP contribution in [-0.4, -0.2) is 40.8 Å². The summed E-state index contributed by atoms with van der Waals surface area (Å²) in [5.41, 5.74) is 1.11. The summed E-state index contributed by atoms with van der Waals surface area (Å²) in [6.07, 6.45) is 4.02. The topological polar surface area (TPSA) is 38.3 Å². The molecule has 1 aromatic carbocycles. The average molecular weight is 315 g/mol. The first-order chi connectivity index (χ1) is 10.4. The van der Waals surface area contributed by atoms with Crippen molar-refractivity contribution in [2.24, 2.45) is 5.92 Å². The average Bonchev–Trinajstić information content (AvgIpc) is 3.00. The molecular weight excluding hydrogens is 294 g/mol. The molecule has 2 aromatic rings. The number of fused-ring (bicyclic) bond motifs is 2. The maximum Gasteiger partial charge on any atom is 0.294 e. The van der Waals surface area contributed by atoms with E-state index in [-0.39, 0.29) is 7.43 Å². The van der Waals surface area contributed by atoms with Crippen LogP contribution in [0, 0.1) is 13.3 Å². The summed E-state index contributed by atoms with van der Waals surface area (Å²) in [4.78, 5) is 2.56. The highest BCUT2D eigenvalue weighted by Crippen LogP contribution is 2.33. The van der Waals surface area contributed by atoms with Gasteiger partial charge in [0.05, 0.1) is 0 Å². The minimum Gasteiger partial charge on any atom is -0.465 e. The Kier molecular flexibility index (Phi) is 4.74. The van der Waals surface area contributed by atoms with E-state index in [1.165, 1.54) is 25.9 Å². The highest BCUT2D eigenvalue weighted by molar-refractivity contribution is 7.16. The van der Waals surface area contributed by atoms with E-state index in [1.807, 2.05) is 18.2 Å². The Labute approximate surface area is 136 Å². The van der Waals surface area contributed by atoms with Crippen LogP contribution in [0.15, 0.2) is 30.3 Å². The van der Waals surface area contributed by atoms with Gasteiger partial charge in [0, 0.05) is 24.6 Å². The molecule has 0 spiro atoms. The summed E-state index contributed by atoms with van der Waals surface area (Å²) in [6.45, 7) is 3.61. The molecule has 2 radical (unpaired) electrons. The number of piperidine rings is 2. The first-order valence-corrected chi connectivity index (χ1v) is 8.48. The molecule has 3 atom stereocenters. The second kappa shape index (κ2) is 6.75. The van der Waals surface area contributed by atoms with Crippen molar-refractivity contribution >= 4 is 11.3 Å². The molecule has 0 aliphatic carbocycles. The third-order valence-electron chi connectivity index (χ3n) is 4.48. The smallest absolute Gasteiger partial charge is 0.294 e. The summed E-state index contributed by atoms with van der Waals surface area (Å²) in [5.74, 6) is 0.663. The Morgan fingerprint density at radius 2 is 1.95 bits per heavy atom. The van der Waals surface area contributed by atoms with Crippen molar-refractivity contribution < 1.29 is 4.74 Å². The summed E-state index contributed by atoms with van der Waals surface area (Å²) in [7, 11) is 0. The van der Waals surface area contributed by atoms with Crippen LogP contribution in [0.3, 0.4) is 0 Å². The highest BCUT2D eigenvalue weighted by Gasteiger charge is 2.33. The molecular formula is C17H21N3OS. The minimum atomic E-state index is 0. The minimum absolute atomic E-state index is 0. The van der Waals surface area contributed by atoms with E-state index in [4.69, 9.17) is 4.74 Å². The molecule has 1 aromatic heterocycles. The predicted molar refractivity (Wildman–Crippen MR) is 88.9 cm³/mol. The van der Waals surface area contributed by atoms with Crippen molar-refractivity contribution in [3.63, 3.8) is 0 Å². The van der Waals surface area contributed by atoms with Gasteiger partial charge in [0.1, 0.15) is 6.10 Å². The molecule has 2 aliphatic heterocycles. The van der Waals surface area contributed by atoms with Crippen molar-refractivity contribution in [1.29, 1.82) is 0 Å². The zero-order valence-corrected chi connectivity index (χ0v) is 13.5. The molecule has 22 heavy (non-hydrogen) atoms. The Bertz CT molecular complexity index is 601. The van der Waals surface area contributed by atoms with E-state index in [1.54, 1.807) is 11.3 Å². The Balaban J connectivity index is 0.00000144. The number of ether oxygens (including phenoxy) is 1. The molecule has 2 saturated heterocycles. The first-order valence-electron chi connectivity index (χ1n) is 7.66. The largest absolute Gasteiger partial charge is 0.465 e. The van der Waals surface area contributed by atoms with Gasteiger partial charge in [-0.2, -0.15) is 0 Å². The Morgan fingerprint density at radius 1 is 1.09 bits per heavy atom. The molecule has 0 saturated carbocycles. The number of aromatic nitrogens is 2. The van der Waals surface area contributed by atoms with Gasteiger partial charge < -0.3 is 9.64 Å². The van der Waals surface area contributed by atoms with Crippen molar-refractivity contribution in [2.45, 2.75) is 25.4 Å². The molecule has 5 heteroatoms. The maximum absolute atomic E-state index is 6.16. The van der Waals surface area contributed by atoms with E-state index >= 15 is 0 Å². The van der Waals surface area contributed by atoms with Crippen molar-refractivity contribution in [2.75, 3.05) is 19.6 Å². The molecule has 2 aliphatic rings. The van der Waals surface area contributed by atoms with Crippen LogP contribution in [0.4, 0.5) is 0 Å². The maximum atomic E-state index is 6.16. The lowest BCUT2D eigenvalue weighted by Gasteiger charge is -2.41. The first kappa shape index (κ1) is 15.4. The quantitative estimate of drug-likeness (QED) is 0.870. The lowest BCUT2D eigenvalue weighted by molar-refractivity contribution is 0.0147. The van der Waals surface area contributed by atoms with Crippen molar-refractivity contribution in [1.82, 2.24) is 15.1 Å². The normalized spacial score (nSPS) is 27.0. The Hall–Kier alpha value is -1.46. The van der Waals surface area contributed by atoms with Crippen LogP contribution in [0.5, 0.6) is 5.19 Å². The molecule has 0 N–H and O–H groups in total. The highest BCUT2D eigenvalue weighted by atomic mass is 32.1. The van der Waals surface area contributed by atoms with Gasteiger partial charge in [-0.1, -0.05) is 54.2 Å². The van der Waals surface area contributed by atoms with Crippen LogP contribution in [0.1, 0.15) is 19.3 Å². The zero-order valence-electron chi connectivity index (χ0n) is 12.6. The standard InChI is InChI=1S/C16H19N3OS.CH2/c1-2-5-12(6-3-1)15-17-18-16(21-15)20-14-8-10-19-9-4-7-13(14)11-19;/h1-3,5-6,13-14H,4,7-11H2;1H2/t13?,14-;/m0./s1. The third-order valence-corrected chi connectivity index (χ3v) is 5.34. The molecule has 4 nitrogen and oxygen atoms in total. The second-order valence-electron chi connectivity index (χ2n) is 5.89. The fraction of sp³-hybridized carbons (Fsp3) is 0.471. The molecule has 3 heterocycles. The fourth-order valence-electron chi connectivity index (χ4n) is 3.38. The monoisotopic (exact) mass is 315 g/mol. The van der Waals surface area contributed by atoms with Gasteiger partial charge in [0.15, 0.2) is 5.01 Å². The van der Waals surface area contributed by atoms with E-state index < -0.39 is 0 Å². The number of nitrogens with zero attached hydrogens (tertiary/aromatic N) is 3. The number of hydrogen-bond donors (Lipinski definition) is 0. The summed E-state index contributed by atoms with van der Waals surface area (Å²) >= 11 is 1.55. The van der Waals surface area contributed by atoms with E-state index in [0.29, 0.717) is 12.0 Å². The molecule has 2 fully saturated rings. The fourth-order valence-corrected chi connectivity index (χ4v) is 4.14. The Morgan fingerprint density at radius 3 is 2.82 bits per heavy atom. The predicted octanol–water partition coefficient (Wildman–Crippen LogP) is 3.40. The van der Waals surface area contributed by atoms with E-state index in [0.717, 1.165) is 28.7 Å². The van der Waals surface area contributed by atoms with Gasteiger partial charge in [-0.05, 0) is 25.8 Å². The molecule has 2 bridgehead atoms. The molecule has 0 amide bonds. The number of hydrogen-bond acceptors (Lipinski definition) is 5. The van der Waals surface area contributed by atoms with Gasteiger partial charge in [0.25, 0.3) is 5.19 Å². The summed E-state index contributed by atoms with van der Waals surface area (Å²) in [5, 5.41) is 10.1. The number of rotatable bonds is 3. The SMILES string of the molecule is [CH2].c1ccc(-c2nnc(O[C@H]3CCN4CCCC3C4)s2)cc1. The number of benzene rings is 1. The van der Waals surface area contributed by atoms with Gasteiger partial charge in [-0.3, -0.25) is 0 Å². The molecule has 2 unspecified atom stereocenters. The van der Waals surface area contributed by atoms with Gasteiger partial charge in [-0.25, -0.2) is 0 Å². The third kappa shape index (κ3) is 3.15. The summed E-state index contributed by atoms with van der Waals surface area (Å²) < 4.78 is 6.16. The van der Waals surface area contributed by atoms with Crippen molar-refractivity contribution in [3.8, 4) is 15.8 Å². The van der Waals surface area contributed by atoms with Gasteiger partial charge >= 0.3 is 0 Å². The van der Waals surface area contributed by atoms with Gasteiger partial charge in [0.2, 0.25) is 0 Å². The molecule has 116 valence electrons. The van der Waals surface area contributed by atoms with E-state index in [9.17, 15) is 0 Å². The summed E-state index contributed by atoms with van der Waals surface area (Å²) in [6, 6.07) is 10.2. The van der Waals surface area contributed by atoms with E-state index in [2.05, 4.69) is 27.2 Å². The van der Waals surface area contributed by atoms with Crippen LogP contribution in [-0.2, 0) is 0 Å². The van der Waals surface area contributed by atoms with Crippen molar-refractivity contribution in [3.05, 3.63) is 37.8 Å². The molecule has 4 rings (SSSR count). The van der Waals surface area contributed by atoms with Crippen LogP contribution in [0.25, 0.3) is 10.6 Å². The lowest BCUT2D eigenvalue weighted by Crippen LogP contribution is -2.48. The van der Waals surface area contributed by atoms with Gasteiger partial charge in [-0.15, -0.1) is 5.10 Å². The lowest BCUT2D eigenvalue weighted by atomic mass is 9.87. The van der Waals surface area contributed by atoms with Crippen LogP contribution < -0.4 is 4.74 Å².